The molecule has 0 bridgehead atoms. The van der Waals surface area contributed by atoms with E-state index in [2.05, 4.69) is 137 Å². The standard InChI is InChI=1S/C13H9.C13H10.C9H13.2ClH.Zr/c1-3-7-12-10(5-1)9-11-6-2-4-8-13(11)12;1-3-7-12(8-4-1)11-13-9-5-2-6-10-13;1-6-5-7(2)9(4)8(6)3;;;/h1-5,7-8H,9H2;1-10H;5H,1-4H3;2*1H;/q-1;;-1;;;+2/p-2. The molecule has 0 unspecified atom stereocenters. The molecule has 5 aromatic rings. The molecule has 3 heteroatoms. The monoisotopic (exact) mass is 612 g/mol. The third kappa shape index (κ3) is 7.80. The summed E-state index contributed by atoms with van der Waals surface area (Å²) in [4.78, 5) is 0. The van der Waals surface area contributed by atoms with Crippen LogP contribution in [0.1, 0.15) is 44.5 Å². The van der Waals surface area contributed by atoms with Crippen molar-refractivity contribution in [3.63, 3.8) is 0 Å². The van der Waals surface area contributed by atoms with Gasteiger partial charge in [0.05, 0.1) is 0 Å². The van der Waals surface area contributed by atoms with Gasteiger partial charge in [-0.1, -0.05) is 63.1 Å². The molecule has 192 valence electrons. The molecule has 1 aliphatic rings. The van der Waals surface area contributed by atoms with Gasteiger partial charge in [0, 0.05) is 0 Å². The van der Waals surface area contributed by atoms with Crippen LogP contribution in [0.4, 0.5) is 0 Å². The third-order valence-electron chi connectivity index (χ3n) is 6.92. The molecule has 0 radical (unpaired) electrons. The van der Waals surface area contributed by atoms with Gasteiger partial charge in [-0.25, -0.2) is 0 Å². The molecule has 0 saturated carbocycles. The summed E-state index contributed by atoms with van der Waals surface area (Å²) in [6.07, 6.45) is 1.05. The van der Waals surface area contributed by atoms with Gasteiger partial charge >= 0.3 is 99.2 Å². The average Bonchev–Trinajstić information content (AvgIpc) is 3.42. The molecule has 38 heavy (non-hydrogen) atoms. The van der Waals surface area contributed by atoms with Crippen LogP contribution in [0, 0.1) is 33.8 Å². The largest absolute Gasteiger partial charge is 0.179 e. The van der Waals surface area contributed by atoms with Crippen LogP contribution in [0.15, 0.2) is 109 Å². The number of benzene rings is 4. The first kappa shape index (κ1) is 31.8. The minimum absolute atomic E-state index is 0. The molecule has 0 nitrogen and oxygen atoms in total. The van der Waals surface area contributed by atoms with Gasteiger partial charge in [-0.15, -0.1) is 5.56 Å². The zero-order valence-electron chi connectivity index (χ0n) is 22.4. The summed E-state index contributed by atoms with van der Waals surface area (Å²) in [6, 6.07) is 41.5. The van der Waals surface area contributed by atoms with Crippen LogP contribution < -0.4 is 24.8 Å². The fraction of sp³-hybridized carbons (Fsp3) is 0.143. The van der Waals surface area contributed by atoms with Gasteiger partial charge in [-0.3, -0.25) is 0 Å². The Labute approximate surface area is 255 Å². The van der Waals surface area contributed by atoms with Crippen molar-refractivity contribution >= 4 is 3.21 Å². The van der Waals surface area contributed by atoms with Gasteiger partial charge in [-0.05, 0) is 6.42 Å². The number of halogens is 2. The molecule has 0 aliphatic heterocycles. The summed E-state index contributed by atoms with van der Waals surface area (Å²) < 4.78 is 1.42. The number of fused-ring (bicyclic) bond motifs is 3. The summed E-state index contributed by atoms with van der Waals surface area (Å²) in [5.41, 5.74) is 13.9. The number of hydrogen-bond acceptors (Lipinski definition) is 0. The maximum Gasteiger partial charge on any atom is -0.0253 e. The molecule has 0 atom stereocenters. The normalized spacial score (nSPS) is 10.3. The maximum atomic E-state index is 3.30. The molecule has 0 saturated heterocycles. The fourth-order valence-corrected chi connectivity index (χ4v) is 5.33. The smallest absolute Gasteiger partial charge is 0.0253 e. The van der Waals surface area contributed by atoms with Crippen molar-refractivity contribution < 1.29 is 49.0 Å². The van der Waals surface area contributed by atoms with Crippen molar-refractivity contribution in [3.8, 4) is 11.1 Å². The SMILES string of the molecule is Cc1c[c-](C)c(C)c1C.[Cl-].[Cl-].[Zr+2]=[C](c1ccccc1)c1ccccc1.[c-]1cccc2c1Cc1ccccc1-2. The molecular weight excluding hydrogens is 583 g/mol. The first-order valence-electron chi connectivity index (χ1n) is 12.4. The van der Waals surface area contributed by atoms with Crippen molar-refractivity contribution in [2.75, 3.05) is 0 Å². The first-order valence-corrected chi connectivity index (χ1v) is 13.7. The van der Waals surface area contributed by atoms with E-state index < -0.39 is 0 Å². The van der Waals surface area contributed by atoms with E-state index in [1.54, 1.807) is 0 Å². The van der Waals surface area contributed by atoms with E-state index in [1.165, 1.54) is 83.1 Å². The fourth-order valence-electron chi connectivity index (χ4n) is 4.51. The summed E-state index contributed by atoms with van der Waals surface area (Å²) in [6.45, 7) is 8.68. The molecule has 0 heterocycles. The van der Waals surface area contributed by atoms with Crippen LogP contribution in [-0.2, 0) is 30.7 Å². The average molecular weight is 615 g/mol. The Morgan fingerprint density at radius 2 is 1.24 bits per heavy atom. The zero-order valence-corrected chi connectivity index (χ0v) is 26.3. The van der Waals surface area contributed by atoms with E-state index in [0.29, 0.717) is 0 Å². The quantitative estimate of drug-likeness (QED) is 0.263. The summed E-state index contributed by atoms with van der Waals surface area (Å²) in [5, 5.41) is 0. The molecule has 0 amide bonds. The van der Waals surface area contributed by atoms with E-state index in [4.69, 9.17) is 0 Å². The number of rotatable bonds is 2. The summed E-state index contributed by atoms with van der Waals surface area (Å²) in [7, 11) is 0. The third-order valence-corrected chi connectivity index (χ3v) is 8.34. The molecule has 0 fully saturated rings. The maximum absolute atomic E-state index is 3.30. The number of aryl methyl sites for hydroxylation is 2. The van der Waals surface area contributed by atoms with Crippen LogP contribution in [-0.4, -0.2) is 3.21 Å². The van der Waals surface area contributed by atoms with Crippen LogP contribution in [0.3, 0.4) is 0 Å². The van der Waals surface area contributed by atoms with Crippen molar-refractivity contribution in [1.29, 1.82) is 0 Å². The summed E-state index contributed by atoms with van der Waals surface area (Å²) >= 11 is 1.46. The Morgan fingerprint density at radius 1 is 0.711 bits per heavy atom. The van der Waals surface area contributed by atoms with E-state index in [-0.39, 0.29) is 24.8 Å². The van der Waals surface area contributed by atoms with E-state index in [0.717, 1.165) is 6.42 Å². The van der Waals surface area contributed by atoms with Crippen LogP contribution in [0.2, 0.25) is 0 Å². The predicted molar refractivity (Wildman–Crippen MR) is 151 cm³/mol. The molecule has 6 rings (SSSR count). The second-order valence-electron chi connectivity index (χ2n) is 9.26. The van der Waals surface area contributed by atoms with E-state index >= 15 is 0 Å². The van der Waals surface area contributed by atoms with Gasteiger partial charge < -0.3 is 24.8 Å². The van der Waals surface area contributed by atoms with Crippen molar-refractivity contribution in [2.45, 2.75) is 34.1 Å². The van der Waals surface area contributed by atoms with E-state index in [1.807, 2.05) is 6.07 Å². The second-order valence-corrected chi connectivity index (χ2v) is 10.5. The summed E-state index contributed by atoms with van der Waals surface area (Å²) in [5.74, 6) is 0. The van der Waals surface area contributed by atoms with Gasteiger partial charge in [0.25, 0.3) is 0 Å². The molecule has 0 N–H and O–H groups in total. The Hall–Kier alpha value is -2.44. The van der Waals surface area contributed by atoms with Crippen molar-refractivity contribution in [1.82, 2.24) is 0 Å². The van der Waals surface area contributed by atoms with Gasteiger partial charge in [0.15, 0.2) is 0 Å². The van der Waals surface area contributed by atoms with Gasteiger partial charge in [-0.2, -0.15) is 58.1 Å². The Morgan fingerprint density at radius 3 is 1.74 bits per heavy atom. The molecule has 5 aromatic carbocycles. The topological polar surface area (TPSA) is 0 Å². The molecule has 0 spiro atoms. The minimum Gasteiger partial charge on any atom is -0.179 e. The van der Waals surface area contributed by atoms with E-state index in [9.17, 15) is 0 Å². The number of hydrogen-bond donors (Lipinski definition) is 0. The van der Waals surface area contributed by atoms with Crippen LogP contribution in [0.25, 0.3) is 11.1 Å². The van der Waals surface area contributed by atoms with Gasteiger partial charge in [0.1, 0.15) is 0 Å². The van der Waals surface area contributed by atoms with Crippen molar-refractivity contribution in [3.05, 3.63) is 160 Å². The Balaban J connectivity index is 0.000000200. The Kier molecular flexibility index (Phi) is 12.7. The predicted octanol–water partition coefficient (Wildman–Crippen LogP) is 2.51. The first-order chi connectivity index (χ1) is 17.5. The molecule has 1 aliphatic carbocycles. The zero-order chi connectivity index (χ0) is 25.5. The second kappa shape index (κ2) is 15.2. The Bertz CT molecular complexity index is 1340. The molecule has 0 aromatic heterocycles. The van der Waals surface area contributed by atoms with Gasteiger partial charge in [0.2, 0.25) is 0 Å². The van der Waals surface area contributed by atoms with Crippen molar-refractivity contribution in [2.24, 2.45) is 0 Å². The van der Waals surface area contributed by atoms with Crippen LogP contribution >= 0.6 is 0 Å². The van der Waals surface area contributed by atoms with Crippen LogP contribution in [0.5, 0.6) is 0 Å². The minimum atomic E-state index is 0. The molecular formula is C35H32Cl2Zr-2.